The standard InChI is InChI=1S/C15H25NO3/c1-12(2)16(8-5-9-17)11-13-10-14(18-3)6-7-15(13)19-4/h6-7,10,12,17H,5,8-9,11H2,1-4H3. The van der Waals surface area contributed by atoms with Gasteiger partial charge in [-0.05, 0) is 38.5 Å². The fraction of sp³-hybridized carbons (Fsp3) is 0.600. The van der Waals surface area contributed by atoms with Crippen molar-refractivity contribution in [2.24, 2.45) is 0 Å². The number of nitrogens with zero attached hydrogens (tertiary/aromatic N) is 1. The van der Waals surface area contributed by atoms with E-state index in [2.05, 4.69) is 18.7 Å². The number of rotatable bonds is 8. The summed E-state index contributed by atoms with van der Waals surface area (Å²) in [7, 11) is 3.34. The monoisotopic (exact) mass is 267 g/mol. The van der Waals surface area contributed by atoms with E-state index in [9.17, 15) is 0 Å². The molecule has 0 aromatic heterocycles. The number of hydrogen-bond acceptors (Lipinski definition) is 4. The van der Waals surface area contributed by atoms with Crippen LogP contribution in [0.5, 0.6) is 11.5 Å². The van der Waals surface area contributed by atoms with E-state index >= 15 is 0 Å². The molecule has 1 aromatic carbocycles. The quantitative estimate of drug-likeness (QED) is 0.784. The first-order valence-corrected chi connectivity index (χ1v) is 6.68. The van der Waals surface area contributed by atoms with Crippen molar-refractivity contribution in [3.8, 4) is 11.5 Å². The second-order valence-electron chi connectivity index (χ2n) is 4.82. The molecule has 0 aliphatic heterocycles. The summed E-state index contributed by atoms with van der Waals surface area (Å²) >= 11 is 0. The highest BCUT2D eigenvalue weighted by Crippen LogP contribution is 2.25. The molecule has 0 amide bonds. The second-order valence-corrected chi connectivity index (χ2v) is 4.82. The molecule has 0 aliphatic carbocycles. The lowest BCUT2D eigenvalue weighted by Gasteiger charge is -2.27. The van der Waals surface area contributed by atoms with Gasteiger partial charge in [-0.15, -0.1) is 0 Å². The van der Waals surface area contributed by atoms with Crippen molar-refractivity contribution < 1.29 is 14.6 Å². The van der Waals surface area contributed by atoms with Crippen molar-refractivity contribution in [3.05, 3.63) is 23.8 Å². The summed E-state index contributed by atoms with van der Waals surface area (Å²) < 4.78 is 10.7. The molecule has 0 spiro atoms. The number of methoxy groups -OCH3 is 2. The van der Waals surface area contributed by atoms with Crippen molar-refractivity contribution in [1.82, 2.24) is 4.90 Å². The first-order chi connectivity index (χ1) is 9.12. The molecule has 0 saturated carbocycles. The van der Waals surface area contributed by atoms with E-state index in [4.69, 9.17) is 14.6 Å². The van der Waals surface area contributed by atoms with Gasteiger partial charge in [0.25, 0.3) is 0 Å². The summed E-state index contributed by atoms with van der Waals surface area (Å²) in [5.41, 5.74) is 1.11. The first-order valence-electron chi connectivity index (χ1n) is 6.68. The third-order valence-electron chi connectivity index (χ3n) is 3.19. The molecule has 4 heteroatoms. The molecule has 0 heterocycles. The Kier molecular flexibility index (Phi) is 6.67. The molecular weight excluding hydrogens is 242 g/mol. The summed E-state index contributed by atoms with van der Waals surface area (Å²) in [5.74, 6) is 1.71. The normalized spacial score (nSPS) is 11.1. The summed E-state index contributed by atoms with van der Waals surface area (Å²) in [5, 5.41) is 8.97. The Bertz CT molecular complexity index is 380. The highest BCUT2D eigenvalue weighted by atomic mass is 16.5. The lowest BCUT2D eigenvalue weighted by molar-refractivity contribution is 0.183. The van der Waals surface area contributed by atoms with Crippen LogP contribution in [-0.4, -0.2) is 43.4 Å². The maximum atomic E-state index is 8.97. The molecule has 1 rings (SSSR count). The van der Waals surface area contributed by atoms with Crippen LogP contribution in [0.25, 0.3) is 0 Å². The zero-order chi connectivity index (χ0) is 14.3. The van der Waals surface area contributed by atoms with Crippen LogP contribution in [0.4, 0.5) is 0 Å². The summed E-state index contributed by atoms with van der Waals surface area (Å²) in [6.07, 6.45) is 0.782. The molecule has 0 bridgehead atoms. The predicted octanol–water partition coefficient (Wildman–Crippen LogP) is 2.30. The fourth-order valence-corrected chi connectivity index (χ4v) is 2.02. The molecule has 0 fully saturated rings. The maximum Gasteiger partial charge on any atom is 0.123 e. The molecule has 19 heavy (non-hydrogen) atoms. The highest BCUT2D eigenvalue weighted by Gasteiger charge is 2.13. The zero-order valence-corrected chi connectivity index (χ0v) is 12.3. The van der Waals surface area contributed by atoms with E-state index in [1.807, 2.05) is 18.2 Å². The van der Waals surface area contributed by atoms with Gasteiger partial charge < -0.3 is 14.6 Å². The Balaban J connectivity index is 2.86. The van der Waals surface area contributed by atoms with Crippen LogP contribution in [0.3, 0.4) is 0 Å². The summed E-state index contributed by atoms with van der Waals surface area (Å²) in [6, 6.07) is 6.25. The van der Waals surface area contributed by atoms with E-state index in [0.717, 1.165) is 36.6 Å². The molecule has 0 atom stereocenters. The van der Waals surface area contributed by atoms with Gasteiger partial charge in [0.1, 0.15) is 11.5 Å². The Morgan fingerprint density at radius 2 is 1.95 bits per heavy atom. The third kappa shape index (κ3) is 4.73. The van der Waals surface area contributed by atoms with Gasteiger partial charge in [-0.25, -0.2) is 0 Å². The second kappa shape index (κ2) is 8.02. The Labute approximate surface area is 115 Å². The molecule has 4 nitrogen and oxygen atoms in total. The summed E-state index contributed by atoms with van der Waals surface area (Å²) in [4.78, 5) is 2.31. The molecule has 0 unspecified atom stereocenters. The third-order valence-corrected chi connectivity index (χ3v) is 3.19. The van der Waals surface area contributed by atoms with Gasteiger partial charge in [0, 0.05) is 31.3 Å². The highest BCUT2D eigenvalue weighted by molar-refractivity contribution is 5.40. The number of benzene rings is 1. The fourth-order valence-electron chi connectivity index (χ4n) is 2.02. The number of aliphatic hydroxyl groups excluding tert-OH is 1. The average molecular weight is 267 g/mol. The molecule has 0 radical (unpaired) electrons. The van der Waals surface area contributed by atoms with Crippen LogP contribution in [0.1, 0.15) is 25.8 Å². The van der Waals surface area contributed by atoms with E-state index < -0.39 is 0 Å². The van der Waals surface area contributed by atoms with Crippen molar-refractivity contribution in [3.63, 3.8) is 0 Å². The van der Waals surface area contributed by atoms with E-state index in [0.29, 0.717) is 6.04 Å². The van der Waals surface area contributed by atoms with Gasteiger partial charge in [0.15, 0.2) is 0 Å². The van der Waals surface area contributed by atoms with E-state index in [1.54, 1.807) is 14.2 Å². The van der Waals surface area contributed by atoms with Gasteiger partial charge in [0.2, 0.25) is 0 Å². The van der Waals surface area contributed by atoms with Gasteiger partial charge >= 0.3 is 0 Å². The average Bonchev–Trinajstić information content (AvgIpc) is 2.42. The molecule has 0 aliphatic rings. The van der Waals surface area contributed by atoms with Crippen molar-refractivity contribution >= 4 is 0 Å². The van der Waals surface area contributed by atoms with Crippen LogP contribution < -0.4 is 9.47 Å². The van der Waals surface area contributed by atoms with Crippen LogP contribution in [0.2, 0.25) is 0 Å². The Morgan fingerprint density at radius 3 is 2.47 bits per heavy atom. The first kappa shape index (κ1) is 15.8. The molecular formula is C15H25NO3. The van der Waals surface area contributed by atoms with Gasteiger partial charge in [-0.2, -0.15) is 0 Å². The topological polar surface area (TPSA) is 41.9 Å². The minimum atomic E-state index is 0.221. The zero-order valence-electron chi connectivity index (χ0n) is 12.3. The number of ether oxygens (including phenoxy) is 2. The SMILES string of the molecule is COc1ccc(OC)c(CN(CCCO)C(C)C)c1. The largest absolute Gasteiger partial charge is 0.497 e. The van der Waals surface area contributed by atoms with Crippen molar-refractivity contribution in [1.29, 1.82) is 0 Å². The smallest absolute Gasteiger partial charge is 0.123 e. The van der Waals surface area contributed by atoms with Gasteiger partial charge in [-0.1, -0.05) is 0 Å². The molecule has 108 valence electrons. The van der Waals surface area contributed by atoms with E-state index in [1.165, 1.54) is 0 Å². The minimum absolute atomic E-state index is 0.221. The van der Waals surface area contributed by atoms with Crippen LogP contribution >= 0.6 is 0 Å². The van der Waals surface area contributed by atoms with Crippen LogP contribution in [-0.2, 0) is 6.54 Å². The maximum absolute atomic E-state index is 8.97. The van der Waals surface area contributed by atoms with Crippen LogP contribution in [0, 0.1) is 0 Å². The molecule has 1 N–H and O–H groups in total. The lowest BCUT2D eigenvalue weighted by atomic mass is 10.1. The number of aliphatic hydroxyl groups is 1. The van der Waals surface area contributed by atoms with Crippen molar-refractivity contribution in [2.75, 3.05) is 27.4 Å². The molecule has 0 saturated heterocycles. The van der Waals surface area contributed by atoms with Crippen molar-refractivity contribution in [2.45, 2.75) is 32.9 Å². The minimum Gasteiger partial charge on any atom is -0.497 e. The van der Waals surface area contributed by atoms with Gasteiger partial charge in [0.05, 0.1) is 14.2 Å². The Morgan fingerprint density at radius 1 is 1.21 bits per heavy atom. The predicted molar refractivity (Wildman–Crippen MR) is 76.8 cm³/mol. The van der Waals surface area contributed by atoms with Crippen LogP contribution in [0.15, 0.2) is 18.2 Å². The lowest BCUT2D eigenvalue weighted by Crippen LogP contribution is -2.31. The number of hydrogen-bond donors (Lipinski definition) is 1. The Hall–Kier alpha value is -1.26. The molecule has 1 aromatic rings. The van der Waals surface area contributed by atoms with E-state index in [-0.39, 0.29) is 6.61 Å². The van der Waals surface area contributed by atoms with Gasteiger partial charge in [-0.3, -0.25) is 4.90 Å². The summed E-state index contributed by atoms with van der Waals surface area (Å²) in [6.45, 7) is 6.19.